The van der Waals surface area contributed by atoms with Crippen LogP contribution in [0.15, 0.2) is 77.2 Å². The molecule has 0 unspecified atom stereocenters. The Morgan fingerprint density at radius 2 is 1.52 bits per heavy atom. The highest BCUT2D eigenvalue weighted by Crippen LogP contribution is 2.33. The second kappa shape index (κ2) is 7.64. The van der Waals surface area contributed by atoms with E-state index in [0.29, 0.717) is 33.5 Å². The number of amides is 1. The number of hydrogen-bond donors (Lipinski definition) is 1. The van der Waals surface area contributed by atoms with Crippen LogP contribution in [0.2, 0.25) is 0 Å². The Bertz CT molecular complexity index is 1190. The lowest BCUT2D eigenvalue weighted by Gasteiger charge is -2.07. The third kappa shape index (κ3) is 3.62. The highest BCUT2D eigenvalue weighted by molar-refractivity contribution is 6.18. The van der Waals surface area contributed by atoms with Gasteiger partial charge < -0.3 is 14.5 Å². The molecule has 4 aromatic rings. The van der Waals surface area contributed by atoms with E-state index in [1.165, 1.54) is 0 Å². The topological polar surface area (TPSA) is 68.5 Å². The van der Waals surface area contributed by atoms with Crippen LogP contribution in [-0.4, -0.2) is 18.8 Å². The lowest BCUT2D eigenvalue weighted by Crippen LogP contribution is -2.14. The van der Waals surface area contributed by atoms with E-state index in [-0.39, 0.29) is 17.5 Å². The van der Waals surface area contributed by atoms with Crippen molar-refractivity contribution in [1.82, 2.24) is 0 Å². The summed E-state index contributed by atoms with van der Waals surface area (Å²) in [5.74, 6) is 0.124. The van der Waals surface area contributed by atoms with Gasteiger partial charge in [-0.15, -0.1) is 0 Å². The average Bonchev–Trinajstić information content (AvgIpc) is 3.12. The molecule has 0 radical (unpaired) electrons. The van der Waals surface area contributed by atoms with Gasteiger partial charge in [0.25, 0.3) is 5.91 Å². The Morgan fingerprint density at radius 3 is 2.21 bits per heavy atom. The molecule has 5 heteroatoms. The van der Waals surface area contributed by atoms with E-state index in [2.05, 4.69) is 5.32 Å². The SMILES string of the molecule is COc1ccc(C(=O)c2oc3ccccc3c2NC(=O)c2ccc(C)cc2)cc1. The maximum absolute atomic E-state index is 13.1. The number of anilines is 1. The molecule has 4 rings (SSSR count). The first-order chi connectivity index (χ1) is 14.1. The number of furan rings is 1. The smallest absolute Gasteiger partial charge is 0.255 e. The fourth-order valence-corrected chi connectivity index (χ4v) is 3.09. The molecule has 1 amide bonds. The van der Waals surface area contributed by atoms with Crippen LogP contribution in [0.3, 0.4) is 0 Å². The van der Waals surface area contributed by atoms with E-state index < -0.39 is 0 Å². The Hall–Kier alpha value is -3.86. The molecule has 0 aliphatic rings. The molecule has 1 heterocycles. The second-order valence-corrected chi connectivity index (χ2v) is 6.68. The standard InChI is InChI=1S/C24H19NO4/c1-15-7-9-17(10-8-15)24(27)25-21-19-5-3-4-6-20(19)29-23(21)22(26)16-11-13-18(28-2)14-12-16/h3-14H,1-2H3,(H,25,27). The van der Waals surface area contributed by atoms with Crippen molar-refractivity contribution < 1.29 is 18.7 Å². The quantitative estimate of drug-likeness (QED) is 0.478. The number of para-hydroxylation sites is 1. The summed E-state index contributed by atoms with van der Waals surface area (Å²) in [5.41, 5.74) is 2.90. The number of carbonyl (C=O) groups is 2. The number of hydrogen-bond acceptors (Lipinski definition) is 4. The van der Waals surface area contributed by atoms with Crippen LogP contribution in [0, 0.1) is 6.92 Å². The molecule has 0 aliphatic heterocycles. The third-order valence-corrected chi connectivity index (χ3v) is 4.71. The van der Waals surface area contributed by atoms with Gasteiger partial charge in [0.2, 0.25) is 5.78 Å². The zero-order valence-electron chi connectivity index (χ0n) is 16.1. The van der Waals surface area contributed by atoms with E-state index in [1.54, 1.807) is 49.6 Å². The second-order valence-electron chi connectivity index (χ2n) is 6.68. The predicted octanol–water partition coefficient (Wildman–Crippen LogP) is 5.23. The van der Waals surface area contributed by atoms with Crippen molar-refractivity contribution in [3.63, 3.8) is 0 Å². The molecule has 0 spiro atoms. The lowest BCUT2D eigenvalue weighted by molar-refractivity contribution is 0.101. The summed E-state index contributed by atoms with van der Waals surface area (Å²) in [6.07, 6.45) is 0. The number of carbonyl (C=O) groups excluding carboxylic acids is 2. The van der Waals surface area contributed by atoms with Crippen LogP contribution < -0.4 is 10.1 Å². The lowest BCUT2D eigenvalue weighted by atomic mass is 10.1. The summed E-state index contributed by atoms with van der Waals surface area (Å²) in [5, 5.41) is 3.54. The molecule has 144 valence electrons. The molecule has 5 nitrogen and oxygen atoms in total. The number of fused-ring (bicyclic) bond motifs is 1. The zero-order chi connectivity index (χ0) is 20.4. The van der Waals surface area contributed by atoms with Gasteiger partial charge in [0.15, 0.2) is 5.76 Å². The highest BCUT2D eigenvalue weighted by atomic mass is 16.5. The molecule has 0 fully saturated rings. The Morgan fingerprint density at radius 1 is 0.862 bits per heavy atom. The van der Waals surface area contributed by atoms with Crippen LogP contribution in [-0.2, 0) is 0 Å². The molecular weight excluding hydrogens is 366 g/mol. The van der Waals surface area contributed by atoms with Crippen molar-refractivity contribution in [2.75, 3.05) is 12.4 Å². The number of ketones is 1. The van der Waals surface area contributed by atoms with Crippen molar-refractivity contribution >= 4 is 28.3 Å². The Labute approximate surface area is 167 Å². The van der Waals surface area contributed by atoms with Gasteiger partial charge in [-0.3, -0.25) is 9.59 Å². The maximum atomic E-state index is 13.1. The molecule has 0 bridgehead atoms. The summed E-state index contributed by atoms with van der Waals surface area (Å²) < 4.78 is 11.0. The van der Waals surface area contributed by atoms with Gasteiger partial charge in [0.05, 0.1) is 12.8 Å². The van der Waals surface area contributed by atoms with Crippen LogP contribution in [0.4, 0.5) is 5.69 Å². The summed E-state index contributed by atoms with van der Waals surface area (Å²) in [4.78, 5) is 25.9. The molecule has 1 N–H and O–H groups in total. The van der Waals surface area contributed by atoms with E-state index >= 15 is 0 Å². The van der Waals surface area contributed by atoms with Gasteiger partial charge >= 0.3 is 0 Å². The van der Waals surface area contributed by atoms with E-state index in [4.69, 9.17) is 9.15 Å². The molecule has 3 aromatic carbocycles. The first-order valence-corrected chi connectivity index (χ1v) is 9.15. The minimum Gasteiger partial charge on any atom is -0.497 e. The maximum Gasteiger partial charge on any atom is 0.255 e. The Kier molecular flexibility index (Phi) is 4.87. The number of benzene rings is 3. The number of methoxy groups -OCH3 is 1. The normalized spacial score (nSPS) is 10.7. The number of nitrogens with one attached hydrogen (secondary N) is 1. The molecule has 1 aromatic heterocycles. The summed E-state index contributed by atoms with van der Waals surface area (Å²) in [7, 11) is 1.56. The number of ether oxygens (including phenoxy) is 1. The van der Waals surface area contributed by atoms with Gasteiger partial charge in [-0.05, 0) is 55.5 Å². The van der Waals surface area contributed by atoms with Crippen LogP contribution >= 0.6 is 0 Å². The highest BCUT2D eigenvalue weighted by Gasteiger charge is 2.23. The molecular formula is C24H19NO4. The van der Waals surface area contributed by atoms with E-state index in [9.17, 15) is 9.59 Å². The van der Waals surface area contributed by atoms with Crippen molar-refractivity contribution in [2.24, 2.45) is 0 Å². The zero-order valence-corrected chi connectivity index (χ0v) is 16.1. The molecule has 0 aliphatic carbocycles. The van der Waals surface area contributed by atoms with E-state index in [1.807, 2.05) is 37.3 Å². The predicted molar refractivity (Wildman–Crippen MR) is 112 cm³/mol. The third-order valence-electron chi connectivity index (χ3n) is 4.71. The summed E-state index contributed by atoms with van der Waals surface area (Å²) in [6.45, 7) is 1.96. The minimum absolute atomic E-state index is 0.0943. The average molecular weight is 385 g/mol. The van der Waals surface area contributed by atoms with Gasteiger partial charge in [-0.25, -0.2) is 0 Å². The molecule has 0 atom stereocenters. The van der Waals surface area contributed by atoms with Crippen molar-refractivity contribution in [3.05, 3.63) is 95.2 Å². The van der Waals surface area contributed by atoms with E-state index in [0.717, 1.165) is 5.56 Å². The molecule has 29 heavy (non-hydrogen) atoms. The van der Waals surface area contributed by atoms with Crippen molar-refractivity contribution in [3.8, 4) is 5.75 Å². The number of aryl methyl sites for hydroxylation is 1. The fraction of sp³-hybridized carbons (Fsp3) is 0.0833. The largest absolute Gasteiger partial charge is 0.497 e. The summed E-state index contributed by atoms with van der Waals surface area (Å²) in [6, 6.07) is 21.2. The Balaban J connectivity index is 1.75. The first kappa shape index (κ1) is 18.5. The van der Waals surface area contributed by atoms with Crippen LogP contribution in [0.25, 0.3) is 11.0 Å². The van der Waals surface area contributed by atoms with Gasteiger partial charge in [0, 0.05) is 16.5 Å². The van der Waals surface area contributed by atoms with Crippen molar-refractivity contribution in [1.29, 1.82) is 0 Å². The van der Waals surface area contributed by atoms with Crippen molar-refractivity contribution in [2.45, 2.75) is 6.92 Å². The fourth-order valence-electron chi connectivity index (χ4n) is 3.09. The van der Waals surface area contributed by atoms with Gasteiger partial charge in [0.1, 0.15) is 11.3 Å². The van der Waals surface area contributed by atoms with Crippen LogP contribution in [0.5, 0.6) is 5.75 Å². The van der Waals surface area contributed by atoms with Gasteiger partial charge in [-0.1, -0.05) is 29.8 Å². The van der Waals surface area contributed by atoms with Gasteiger partial charge in [-0.2, -0.15) is 0 Å². The monoisotopic (exact) mass is 385 g/mol. The summed E-state index contributed by atoms with van der Waals surface area (Å²) >= 11 is 0. The molecule has 0 saturated heterocycles. The minimum atomic E-state index is -0.317. The van der Waals surface area contributed by atoms with Crippen LogP contribution in [0.1, 0.15) is 32.0 Å². The molecule has 0 saturated carbocycles. The first-order valence-electron chi connectivity index (χ1n) is 9.15. The number of rotatable bonds is 5.